The maximum absolute atomic E-state index is 12.3. The summed E-state index contributed by atoms with van der Waals surface area (Å²) in [6.45, 7) is 3.62. The number of amides is 1. The van der Waals surface area contributed by atoms with Crippen molar-refractivity contribution in [2.24, 2.45) is 5.92 Å². The van der Waals surface area contributed by atoms with Gasteiger partial charge in [-0.2, -0.15) is 0 Å². The molecule has 8 heteroatoms. The Morgan fingerprint density at radius 1 is 1.29 bits per heavy atom. The second kappa shape index (κ2) is 8.75. The molecule has 1 heterocycles. The molecule has 6 nitrogen and oxygen atoms in total. The lowest BCUT2D eigenvalue weighted by Gasteiger charge is -2.20. The van der Waals surface area contributed by atoms with Crippen LogP contribution >= 0.6 is 23.1 Å². The largest absolute Gasteiger partial charge is 0.457 e. The van der Waals surface area contributed by atoms with Crippen molar-refractivity contribution in [2.45, 2.75) is 32.9 Å². The highest BCUT2D eigenvalue weighted by Gasteiger charge is 2.26. The fourth-order valence-electron chi connectivity index (χ4n) is 2.02. The fourth-order valence-corrected chi connectivity index (χ4v) is 2.62. The van der Waals surface area contributed by atoms with Gasteiger partial charge < -0.3 is 10.1 Å². The Labute approximate surface area is 149 Å². The van der Waals surface area contributed by atoms with E-state index >= 15 is 0 Å². The highest BCUT2D eigenvalue weighted by Crippen LogP contribution is 2.18. The molecule has 0 saturated heterocycles. The number of hydrogen-bond donors (Lipinski definition) is 1. The first-order valence-corrected chi connectivity index (χ1v) is 8.59. The average molecular weight is 368 g/mol. The van der Waals surface area contributed by atoms with Gasteiger partial charge in [0.2, 0.25) is 5.91 Å². The minimum atomic E-state index is -0.730. The zero-order valence-electron chi connectivity index (χ0n) is 13.4. The van der Waals surface area contributed by atoms with Crippen LogP contribution in [0.2, 0.25) is 4.34 Å². The van der Waals surface area contributed by atoms with Crippen LogP contribution < -0.4 is 5.32 Å². The van der Waals surface area contributed by atoms with Crippen LogP contribution in [0.3, 0.4) is 0 Å². The van der Waals surface area contributed by atoms with Gasteiger partial charge in [-0.1, -0.05) is 60.3 Å². The number of ether oxygens (including phenoxy) is 1. The van der Waals surface area contributed by atoms with Crippen molar-refractivity contribution in [3.05, 3.63) is 45.9 Å². The summed E-state index contributed by atoms with van der Waals surface area (Å²) in [5, 5.41) is 6.51. The van der Waals surface area contributed by atoms with Crippen LogP contribution in [-0.4, -0.2) is 27.5 Å². The summed E-state index contributed by atoms with van der Waals surface area (Å²) in [5.41, 5.74) is 1.29. The van der Waals surface area contributed by atoms with Gasteiger partial charge in [-0.25, -0.2) is 4.79 Å². The van der Waals surface area contributed by atoms with E-state index in [1.165, 1.54) is 0 Å². The third-order valence-electron chi connectivity index (χ3n) is 3.31. The van der Waals surface area contributed by atoms with Gasteiger partial charge in [0.1, 0.15) is 22.7 Å². The van der Waals surface area contributed by atoms with Crippen molar-refractivity contribution in [1.82, 2.24) is 14.9 Å². The van der Waals surface area contributed by atoms with Crippen molar-refractivity contribution in [2.75, 3.05) is 0 Å². The van der Waals surface area contributed by atoms with Crippen LogP contribution in [0, 0.1) is 5.92 Å². The second-order valence-electron chi connectivity index (χ2n) is 5.55. The normalized spacial score (nSPS) is 12.0. The van der Waals surface area contributed by atoms with Gasteiger partial charge in [0, 0.05) is 11.5 Å². The molecule has 2 aromatic rings. The van der Waals surface area contributed by atoms with Crippen LogP contribution in [0.15, 0.2) is 30.3 Å². The minimum Gasteiger partial charge on any atom is -0.457 e. The Morgan fingerprint density at radius 3 is 2.58 bits per heavy atom. The predicted molar refractivity (Wildman–Crippen MR) is 91.6 cm³/mol. The summed E-state index contributed by atoms with van der Waals surface area (Å²) in [5.74, 6) is -0.859. The number of rotatable bonds is 7. The number of nitrogens with zero attached hydrogens (tertiary/aromatic N) is 2. The Hall–Kier alpha value is -1.99. The maximum atomic E-state index is 12.3. The number of nitrogens with one attached hydrogen (secondary N) is 1. The lowest BCUT2D eigenvalue weighted by atomic mass is 10.0. The zero-order chi connectivity index (χ0) is 17.5. The summed E-state index contributed by atoms with van der Waals surface area (Å²) in [6.07, 6.45) is 0.208. The summed E-state index contributed by atoms with van der Waals surface area (Å²) >= 11 is 6.90. The van der Waals surface area contributed by atoms with Gasteiger partial charge in [0.05, 0.1) is 6.42 Å². The molecule has 1 N–H and O–H groups in total. The molecule has 0 aliphatic rings. The van der Waals surface area contributed by atoms with Crippen LogP contribution in [0.5, 0.6) is 0 Å². The number of aromatic nitrogens is 2. The molecule has 0 saturated carbocycles. The van der Waals surface area contributed by atoms with Gasteiger partial charge in [0.15, 0.2) is 0 Å². The van der Waals surface area contributed by atoms with E-state index in [4.69, 9.17) is 16.3 Å². The zero-order valence-corrected chi connectivity index (χ0v) is 14.9. The summed E-state index contributed by atoms with van der Waals surface area (Å²) in [4.78, 5) is 24.4. The molecule has 1 atom stereocenters. The predicted octanol–water partition coefficient (Wildman–Crippen LogP) is 2.62. The van der Waals surface area contributed by atoms with E-state index in [0.29, 0.717) is 10.0 Å². The van der Waals surface area contributed by atoms with Crippen molar-refractivity contribution >= 4 is 35.0 Å². The van der Waals surface area contributed by atoms with E-state index in [0.717, 1.165) is 17.1 Å². The highest BCUT2D eigenvalue weighted by atomic mass is 35.5. The molecule has 2 rings (SSSR count). The number of carbonyl (C=O) groups excluding carboxylic acids is 2. The molecule has 24 heavy (non-hydrogen) atoms. The Kier molecular flexibility index (Phi) is 6.69. The second-order valence-corrected chi connectivity index (χ2v) is 6.91. The molecule has 0 bridgehead atoms. The van der Waals surface area contributed by atoms with E-state index in [1.54, 1.807) is 0 Å². The Balaban J connectivity index is 1.91. The Bertz CT molecular complexity index is 691. The van der Waals surface area contributed by atoms with Crippen LogP contribution in [-0.2, 0) is 27.4 Å². The van der Waals surface area contributed by atoms with E-state index in [2.05, 4.69) is 14.9 Å². The highest BCUT2D eigenvalue weighted by molar-refractivity contribution is 7.10. The van der Waals surface area contributed by atoms with Crippen molar-refractivity contribution in [3.8, 4) is 0 Å². The van der Waals surface area contributed by atoms with E-state index in [-0.39, 0.29) is 24.9 Å². The molecular formula is C16H18ClN3O3S. The monoisotopic (exact) mass is 367 g/mol. The summed E-state index contributed by atoms with van der Waals surface area (Å²) in [7, 11) is 0. The van der Waals surface area contributed by atoms with Gasteiger partial charge >= 0.3 is 5.97 Å². The lowest BCUT2D eigenvalue weighted by molar-refractivity contribution is -0.150. The SMILES string of the molecule is CC(C)[C@H](NC(=O)Cc1ccccc1)C(=O)OCc1nnsc1Cl. The number of esters is 1. The smallest absolute Gasteiger partial charge is 0.329 e. The standard InChI is InChI=1S/C16H18ClN3O3S/c1-10(2)14(16(22)23-9-12-15(17)24-20-19-12)18-13(21)8-11-6-4-3-5-7-11/h3-7,10,14H,8-9H2,1-2H3,(H,18,21)/t14-/m0/s1. The molecule has 0 unspecified atom stereocenters. The van der Waals surface area contributed by atoms with E-state index < -0.39 is 12.0 Å². The quantitative estimate of drug-likeness (QED) is 0.761. The van der Waals surface area contributed by atoms with Crippen molar-refractivity contribution in [3.63, 3.8) is 0 Å². The van der Waals surface area contributed by atoms with E-state index in [9.17, 15) is 9.59 Å². The number of carbonyl (C=O) groups is 2. The first-order chi connectivity index (χ1) is 11.5. The molecule has 0 radical (unpaired) electrons. The third-order valence-corrected chi connectivity index (χ3v) is 4.29. The molecule has 0 aliphatic heterocycles. The average Bonchev–Trinajstić information content (AvgIpc) is 2.96. The lowest BCUT2D eigenvalue weighted by Crippen LogP contribution is -2.45. The summed E-state index contributed by atoms with van der Waals surface area (Å²) in [6, 6.07) is 8.60. The molecule has 0 fully saturated rings. The van der Waals surface area contributed by atoms with Gasteiger partial charge in [-0.15, -0.1) is 5.10 Å². The first-order valence-electron chi connectivity index (χ1n) is 7.44. The summed E-state index contributed by atoms with van der Waals surface area (Å²) < 4.78 is 9.27. The van der Waals surface area contributed by atoms with Crippen LogP contribution in [0.4, 0.5) is 0 Å². The number of benzene rings is 1. The minimum absolute atomic E-state index is 0.0635. The van der Waals surface area contributed by atoms with Crippen molar-refractivity contribution in [1.29, 1.82) is 0 Å². The maximum Gasteiger partial charge on any atom is 0.329 e. The molecule has 1 amide bonds. The molecule has 1 aromatic carbocycles. The number of hydrogen-bond acceptors (Lipinski definition) is 6. The Morgan fingerprint density at radius 2 is 2.00 bits per heavy atom. The van der Waals surface area contributed by atoms with Crippen molar-refractivity contribution < 1.29 is 14.3 Å². The molecule has 0 spiro atoms. The molecular weight excluding hydrogens is 350 g/mol. The first kappa shape index (κ1) is 18.4. The topological polar surface area (TPSA) is 81.2 Å². The third kappa shape index (κ3) is 5.28. The molecule has 1 aromatic heterocycles. The van der Waals surface area contributed by atoms with Crippen LogP contribution in [0.1, 0.15) is 25.1 Å². The van der Waals surface area contributed by atoms with E-state index in [1.807, 2.05) is 44.2 Å². The van der Waals surface area contributed by atoms with Crippen LogP contribution in [0.25, 0.3) is 0 Å². The van der Waals surface area contributed by atoms with Gasteiger partial charge in [-0.3, -0.25) is 4.79 Å². The fraction of sp³-hybridized carbons (Fsp3) is 0.375. The number of halogens is 1. The molecule has 128 valence electrons. The molecule has 0 aliphatic carbocycles. The van der Waals surface area contributed by atoms with Gasteiger partial charge in [-0.05, 0) is 11.5 Å². The van der Waals surface area contributed by atoms with Gasteiger partial charge in [0.25, 0.3) is 0 Å².